The Balaban J connectivity index is 1.03. The molecule has 0 bridgehead atoms. The third-order valence-corrected chi connectivity index (χ3v) is 9.56. The fourth-order valence-corrected chi connectivity index (χ4v) is 6.89. The fraction of sp³-hybridized carbons (Fsp3) is 0.0435. The number of amidine groups is 1. The Bertz CT molecular complexity index is 2750. The van der Waals surface area contributed by atoms with Gasteiger partial charge in [0.05, 0.1) is 45.8 Å². The first kappa shape index (κ1) is 33.5. The number of para-hydroxylation sites is 4. The van der Waals surface area contributed by atoms with Crippen molar-refractivity contribution in [3.8, 4) is 34.2 Å². The van der Waals surface area contributed by atoms with Crippen molar-refractivity contribution in [1.82, 2.24) is 34.4 Å². The Hall–Kier alpha value is -7.36. The summed E-state index contributed by atoms with van der Waals surface area (Å²) in [6, 6.07) is 51.1. The lowest BCUT2D eigenvalue weighted by Crippen LogP contribution is -2.21. The lowest BCUT2D eigenvalue weighted by atomic mass is 10.1. The summed E-state index contributed by atoms with van der Waals surface area (Å²) < 4.78 is 4.30. The minimum Gasteiger partial charge on any atom is -0.291 e. The van der Waals surface area contributed by atoms with E-state index in [-0.39, 0.29) is 0 Å². The number of nitrogens with zero attached hydrogens (tertiary/aromatic N) is 8. The van der Waals surface area contributed by atoms with Crippen molar-refractivity contribution in [3.05, 3.63) is 193 Å². The van der Waals surface area contributed by atoms with Gasteiger partial charge in [0.1, 0.15) is 17.8 Å². The van der Waals surface area contributed by atoms with Crippen LogP contribution < -0.4 is 5.32 Å². The topological polar surface area (TPSA) is 98.2 Å². The number of hydrogen-bond acceptors (Lipinski definition) is 6. The summed E-state index contributed by atoms with van der Waals surface area (Å²) in [4.78, 5) is 28.2. The monoisotopic (exact) mass is 713 g/mol. The molecule has 9 aromatic rings. The summed E-state index contributed by atoms with van der Waals surface area (Å²) in [6.45, 7) is 4.42. The van der Waals surface area contributed by atoms with Crippen molar-refractivity contribution in [2.75, 3.05) is 0 Å². The summed E-state index contributed by atoms with van der Waals surface area (Å²) in [5, 5.41) is 3.69. The maximum atomic E-state index is 5.12. The largest absolute Gasteiger partial charge is 0.291 e. The SMILES string of the molecule is C=N/C(=N\C(NCc1ccc(-c2nc3ccccc3n2-c2cccnc2)cc1)c1ccc(-c2nc3ccccc3n2-c2cccnc2)cc1)c1ccccc1. The molecule has 0 aliphatic rings. The molecule has 1 unspecified atom stereocenters. The molecule has 5 aromatic carbocycles. The number of benzene rings is 5. The van der Waals surface area contributed by atoms with Crippen LogP contribution in [0.5, 0.6) is 0 Å². The Morgan fingerprint density at radius 2 is 1.11 bits per heavy atom. The van der Waals surface area contributed by atoms with E-state index >= 15 is 0 Å². The molecular weight excluding hydrogens is 679 g/mol. The summed E-state index contributed by atoms with van der Waals surface area (Å²) >= 11 is 0. The van der Waals surface area contributed by atoms with Crippen molar-refractivity contribution in [3.63, 3.8) is 0 Å². The third-order valence-electron chi connectivity index (χ3n) is 9.56. The highest BCUT2D eigenvalue weighted by atomic mass is 15.1. The molecule has 9 rings (SSSR count). The van der Waals surface area contributed by atoms with E-state index in [0.717, 1.165) is 72.9 Å². The molecule has 0 aliphatic carbocycles. The lowest BCUT2D eigenvalue weighted by molar-refractivity contribution is 0.554. The van der Waals surface area contributed by atoms with E-state index in [9.17, 15) is 0 Å². The zero-order chi connectivity index (χ0) is 37.0. The van der Waals surface area contributed by atoms with Gasteiger partial charge in [-0.25, -0.2) is 20.0 Å². The average molecular weight is 714 g/mol. The number of fused-ring (bicyclic) bond motifs is 2. The van der Waals surface area contributed by atoms with Crippen LogP contribution in [0, 0.1) is 0 Å². The van der Waals surface area contributed by atoms with Crippen molar-refractivity contribution in [2.45, 2.75) is 12.7 Å². The molecule has 264 valence electrons. The molecule has 0 fully saturated rings. The van der Waals surface area contributed by atoms with Gasteiger partial charge in [-0.05, 0) is 66.4 Å². The zero-order valence-electron chi connectivity index (χ0n) is 29.8. The van der Waals surface area contributed by atoms with E-state index in [1.165, 1.54) is 0 Å². The molecule has 4 aromatic heterocycles. The van der Waals surface area contributed by atoms with E-state index in [4.69, 9.17) is 15.0 Å². The van der Waals surface area contributed by atoms with E-state index in [1.807, 2.05) is 97.3 Å². The minimum atomic E-state index is -0.415. The third kappa shape index (κ3) is 6.72. The molecule has 0 aliphatic heterocycles. The van der Waals surface area contributed by atoms with Gasteiger partial charge in [-0.3, -0.25) is 24.4 Å². The summed E-state index contributed by atoms with van der Waals surface area (Å²) in [5.74, 6) is 2.26. The van der Waals surface area contributed by atoms with Gasteiger partial charge in [-0.1, -0.05) is 103 Å². The number of pyridine rings is 2. The van der Waals surface area contributed by atoms with E-state index in [0.29, 0.717) is 12.4 Å². The highest BCUT2D eigenvalue weighted by Crippen LogP contribution is 2.31. The van der Waals surface area contributed by atoms with Gasteiger partial charge < -0.3 is 0 Å². The van der Waals surface area contributed by atoms with Crippen LogP contribution in [0.1, 0.15) is 22.9 Å². The quantitative estimate of drug-likeness (QED) is 0.113. The number of imidazole rings is 2. The second kappa shape index (κ2) is 14.9. The van der Waals surface area contributed by atoms with Gasteiger partial charge in [0, 0.05) is 35.6 Å². The molecule has 1 atom stereocenters. The molecule has 1 N–H and O–H groups in total. The van der Waals surface area contributed by atoms with Gasteiger partial charge in [0.15, 0.2) is 5.84 Å². The van der Waals surface area contributed by atoms with Crippen LogP contribution >= 0.6 is 0 Å². The van der Waals surface area contributed by atoms with Gasteiger partial charge in [-0.15, -0.1) is 0 Å². The number of aromatic nitrogens is 6. The van der Waals surface area contributed by atoms with Gasteiger partial charge in [0.2, 0.25) is 0 Å². The van der Waals surface area contributed by atoms with Crippen LogP contribution in [-0.4, -0.2) is 41.6 Å². The molecule has 9 nitrogen and oxygen atoms in total. The summed E-state index contributed by atoms with van der Waals surface area (Å²) in [6.07, 6.45) is 6.87. The Kier molecular flexibility index (Phi) is 9.09. The van der Waals surface area contributed by atoms with Crippen LogP contribution in [-0.2, 0) is 6.54 Å². The molecule has 55 heavy (non-hydrogen) atoms. The van der Waals surface area contributed by atoms with Crippen molar-refractivity contribution < 1.29 is 0 Å². The van der Waals surface area contributed by atoms with Crippen molar-refractivity contribution >= 4 is 34.6 Å². The van der Waals surface area contributed by atoms with Crippen molar-refractivity contribution in [2.24, 2.45) is 9.98 Å². The second-order valence-electron chi connectivity index (χ2n) is 13.0. The maximum absolute atomic E-state index is 5.12. The standard InChI is InChI=1S/C46H35N9/c1-47-43(33-11-3-2-4-12-33)53-44(34-23-25-36(26-24-34)46-52-40-16-6-8-18-42(40)55(46)38-14-10-28-49-31-38)50-29-32-19-21-35(22-20-32)45-51-39-15-5-7-17-41(39)54(45)37-13-9-27-48-30-37/h2-28,30-31,44,50H,1,29H2/b53-43-. The van der Waals surface area contributed by atoms with Crippen LogP contribution in [0.25, 0.3) is 56.2 Å². The Morgan fingerprint density at radius 3 is 1.64 bits per heavy atom. The number of hydrogen-bond donors (Lipinski definition) is 1. The normalized spacial score (nSPS) is 12.3. The minimum absolute atomic E-state index is 0.415. The van der Waals surface area contributed by atoms with Gasteiger partial charge >= 0.3 is 0 Å². The molecule has 0 spiro atoms. The first-order valence-electron chi connectivity index (χ1n) is 18.0. The fourth-order valence-electron chi connectivity index (χ4n) is 6.89. The van der Waals surface area contributed by atoms with Crippen molar-refractivity contribution in [1.29, 1.82) is 0 Å². The molecular formula is C46H35N9. The van der Waals surface area contributed by atoms with Crippen LogP contribution in [0.4, 0.5) is 0 Å². The van der Waals surface area contributed by atoms with E-state index in [1.54, 1.807) is 12.4 Å². The van der Waals surface area contributed by atoms with Gasteiger partial charge in [-0.2, -0.15) is 0 Å². The number of nitrogens with one attached hydrogen (secondary N) is 1. The predicted octanol–water partition coefficient (Wildman–Crippen LogP) is 9.42. The zero-order valence-corrected chi connectivity index (χ0v) is 29.8. The summed E-state index contributed by atoms with van der Waals surface area (Å²) in [7, 11) is 0. The van der Waals surface area contributed by atoms with Crippen LogP contribution in [0.2, 0.25) is 0 Å². The Morgan fingerprint density at radius 1 is 0.582 bits per heavy atom. The summed E-state index contributed by atoms with van der Waals surface area (Å²) in [5.41, 5.74) is 10.8. The molecule has 0 saturated heterocycles. The van der Waals surface area contributed by atoms with E-state index < -0.39 is 6.17 Å². The van der Waals surface area contributed by atoms with Crippen LogP contribution in [0.15, 0.2) is 186 Å². The predicted molar refractivity (Wildman–Crippen MR) is 221 cm³/mol. The molecule has 0 amide bonds. The van der Waals surface area contributed by atoms with E-state index in [2.05, 4.69) is 103 Å². The van der Waals surface area contributed by atoms with Gasteiger partial charge in [0.25, 0.3) is 0 Å². The second-order valence-corrected chi connectivity index (χ2v) is 13.0. The smallest absolute Gasteiger partial charge is 0.155 e. The first-order valence-corrected chi connectivity index (χ1v) is 18.0. The average Bonchev–Trinajstić information content (AvgIpc) is 3.85. The molecule has 4 heterocycles. The lowest BCUT2D eigenvalue weighted by Gasteiger charge is -2.18. The van der Waals surface area contributed by atoms with Crippen LogP contribution in [0.3, 0.4) is 0 Å². The highest BCUT2D eigenvalue weighted by Gasteiger charge is 2.18. The highest BCUT2D eigenvalue weighted by molar-refractivity contribution is 6.01. The molecule has 0 radical (unpaired) electrons. The maximum Gasteiger partial charge on any atom is 0.155 e. The molecule has 9 heteroatoms. The Labute approximate surface area is 318 Å². The molecule has 0 saturated carbocycles. The number of aliphatic imine (C=N–C) groups is 2. The first-order chi connectivity index (χ1) is 27.2. The number of rotatable bonds is 10.